The Kier molecular flexibility index (Phi) is 6.72. The van der Waals surface area contributed by atoms with Crippen molar-refractivity contribution >= 4 is 46.4 Å². The molecule has 0 aliphatic carbocycles. The number of benzene rings is 3. The van der Waals surface area contributed by atoms with Gasteiger partial charge in [-0.3, -0.25) is 14.4 Å². The molecule has 1 saturated heterocycles. The molecule has 1 N–H and O–H groups in total. The fourth-order valence-electron chi connectivity index (χ4n) is 4.67. The highest BCUT2D eigenvalue weighted by atomic mass is 35.5. The van der Waals surface area contributed by atoms with E-state index >= 15 is 0 Å². The maximum absolute atomic E-state index is 13.2. The number of rotatable bonds is 5. The predicted molar refractivity (Wildman–Crippen MR) is 146 cm³/mol. The topological polar surface area (TPSA) is 73.0 Å². The lowest BCUT2D eigenvalue weighted by atomic mass is 10.1. The maximum Gasteiger partial charge on any atom is 0.283 e. The number of piperazine rings is 1. The van der Waals surface area contributed by atoms with Crippen molar-refractivity contribution in [3.05, 3.63) is 100 Å². The summed E-state index contributed by atoms with van der Waals surface area (Å²) in [6.45, 7) is 6.50. The number of hydrogen-bond acceptors (Lipinski definition) is 5. The van der Waals surface area contributed by atoms with Gasteiger partial charge in [0.25, 0.3) is 17.7 Å². The molecule has 8 heteroatoms. The molecule has 37 heavy (non-hydrogen) atoms. The highest BCUT2D eigenvalue weighted by molar-refractivity contribution is 6.53. The predicted octanol–water partition coefficient (Wildman–Crippen LogP) is 4.70. The lowest BCUT2D eigenvalue weighted by Gasteiger charge is -2.36. The molecule has 0 bridgehead atoms. The molecule has 0 atom stereocenters. The van der Waals surface area contributed by atoms with E-state index in [1.165, 1.54) is 0 Å². The van der Waals surface area contributed by atoms with Gasteiger partial charge >= 0.3 is 0 Å². The van der Waals surface area contributed by atoms with Gasteiger partial charge in [0.2, 0.25) is 0 Å². The first-order valence-electron chi connectivity index (χ1n) is 12.2. The van der Waals surface area contributed by atoms with Crippen LogP contribution in [0.4, 0.5) is 17.1 Å². The molecule has 2 aliphatic rings. The van der Waals surface area contributed by atoms with Gasteiger partial charge in [-0.15, -0.1) is 0 Å². The Labute approximate surface area is 220 Å². The van der Waals surface area contributed by atoms with E-state index < -0.39 is 11.8 Å². The summed E-state index contributed by atoms with van der Waals surface area (Å²) in [4.78, 5) is 44.5. The minimum atomic E-state index is -0.577. The molecule has 3 aromatic rings. The molecular weight excluding hydrogens is 488 g/mol. The second-order valence-electron chi connectivity index (χ2n) is 9.17. The fraction of sp³-hybridized carbons (Fsp3) is 0.207. The van der Waals surface area contributed by atoms with E-state index in [1.54, 1.807) is 36.4 Å². The van der Waals surface area contributed by atoms with Crippen LogP contribution in [-0.4, -0.2) is 48.8 Å². The molecular formula is C29H27ClN4O3. The molecule has 2 heterocycles. The van der Waals surface area contributed by atoms with Crippen LogP contribution >= 0.6 is 11.6 Å². The molecule has 3 aromatic carbocycles. The molecule has 188 valence electrons. The Bertz CT molecular complexity index is 1410. The molecule has 0 unspecified atom stereocenters. The number of imide groups is 1. The molecule has 7 nitrogen and oxygen atoms in total. The fourth-order valence-corrected chi connectivity index (χ4v) is 4.88. The minimum Gasteiger partial charge on any atom is -0.368 e. The molecule has 0 aromatic heterocycles. The van der Waals surface area contributed by atoms with Crippen LogP contribution in [0, 0.1) is 13.8 Å². The third-order valence-corrected chi connectivity index (χ3v) is 7.26. The standard InChI is InChI=1S/C29H27ClN4O3/c1-19-8-6-13-24(20(19)2)34-28(36)25(30)26(29(34)37)31-22-10-7-9-21(18-22)27(35)33-16-14-32(15-17-33)23-11-4-3-5-12-23/h3-13,18,31H,14-17H2,1-2H3. The van der Waals surface area contributed by atoms with Crippen molar-refractivity contribution in [3.63, 3.8) is 0 Å². The Morgan fingerprint density at radius 1 is 0.838 bits per heavy atom. The zero-order chi connectivity index (χ0) is 26.1. The minimum absolute atomic E-state index is 0.00588. The van der Waals surface area contributed by atoms with E-state index in [4.69, 9.17) is 11.6 Å². The zero-order valence-corrected chi connectivity index (χ0v) is 21.5. The summed E-state index contributed by atoms with van der Waals surface area (Å²) < 4.78 is 0. The first-order valence-corrected chi connectivity index (χ1v) is 12.5. The van der Waals surface area contributed by atoms with Gasteiger partial charge in [-0.05, 0) is 61.4 Å². The van der Waals surface area contributed by atoms with Crippen molar-refractivity contribution < 1.29 is 14.4 Å². The summed E-state index contributed by atoms with van der Waals surface area (Å²) in [5.41, 5.74) is 4.44. The van der Waals surface area contributed by atoms with E-state index in [0.29, 0.717) is 30.0 Å². The van der Waals surface area contributed by atoms with E-state index in [9.17, 15) is 14.4 Å². The summed E-state index contributed by atoms with van der Waals surface area (Å²) in [6.07, 6.45) is 0. The van der Waals surface area contributed by atoms with Gasteiger partial charge in [-0.2, -0.15) is 0 Å². The summed E-state index contributed by atoms with van der Waals surface area (Å²) >= 11 is 6.32. The van der Waals surface area contributed by atoms with Crippen molar-refractivity contribution in [1.29, 1.82) is 0 Å². The number of halogens is 1. The van der Waals surface area contributed by atoms with Crippen LogP contribution < -0.4 is 15.1 Å². The van der Waals surface area contributed by atoms with Crippen LogP contribution in [0.25, 0.3) is 0 Å². The second kappa shape index (κ2) is 10.1. The number of anilines is 3. The van der Waals surface area contributed by atoms with Gasteiger partial charge in [0, 0.05) is 43.1 Å². The average Bonchev–Trinajstić information content (AvgIpc) is 3.13. The number of carbonyl (C=O) groups is 3. The van der Waals surface area contributed by atoms with Crippen molar-refractivity contribution in [2.75, 3.05) is 41.3 Å². The van der Waals surface area contributed by atoms with Crippen molar-refractivity contribution in [2.24, 2.45) is 0 Å². The Balaban J connectivity index is 1.29. The number of para-hydroxylation sites is 1. The van der Waals surface area contributed by atoms with Gasteiger partial charge in [0.1, 0.15) is 10.7 Å². The molecule has 0 radical (unpaired) electrons. The number of nitrogens with zero attached hydrogens (tertiary/aromatic N) is 3. The summed E-state index contributed by atoms with van der Waals surface area (Å²) in [5, 5.41) is 2.81. The van der Waals surface area contributed by atoms with Crippen LogP contribution in [0.5, 0.6) is 0 Å². The van der Waals surface area contributed by atoms with Crippen molar-refractivity contribution in [3.8, 4) is 0 Å². The lowest BCUT2D eigenvalue weighted by molar-refractivity contribution is -0.120. The maximum atomic E-state index is 13.2. The SMILES string of the molecule is Cc1cccc(N2C(=O)C(Cl)=C(Nc3cccc(C(=O)N4CCN(c5ccccc5)CC4)c3)C2=O)c1C. The molecule has 1 fully saturated rings. The van der Waals surface area contributed by atoms with Crippen LogP contribution in [0.15, 0.2) is 83.5 Å². The summed E-state index contributed by atoms with van der Waals surface area (Å²) in [7, 11) is 0. The lowest BCUT2D eigenvalue weighted by Crippen LogP contribution is -2.48. The quantitative estimate of drug-likeness (QED) is 0.500. The van der Waals surface area contributed by atoms with E-state index in [0.717, 1.165) is 34.8 Å². The van der Waals surface area contributed by atoms with Crippen LogP contribution in [0.3, 0.4) is 0 Å². The van der Waals surface area contributed by atoms with E-state index in [1.807, 2.05) is 43.0 Å². The summed E-state index contributed by atoms with van der Waals surface area (Å²) in [6, 6.07) is 22.5. The molecule has 5 rings (SSSR count). The zero-order valence-electron chi connectivity index (χ0n) is 20.7. The van der Waals surface area contributed by atoms with E-state index in [2.05, 4.69) is 22.3 Å². The van der Waals surface area contributed by atoms with Gasteiger partial charge in [0.15, 0.2) is 0 Å². The van der Waals surface area contributed by atoms with Gasteiger partial charge in [-0.25, -0.2) is 4.90 Å². The molecule has 2 aliphatic heterocycles. The third kappa shape index (κ3) is 4.70. The van der Waals surface area contributed by atoms with Crippen molar-refractivity contribution in [2.45, 2.75) is 13.8 Å². The number of carbonyl (C=O) groups excluding carboxylic acids is 3. The normalized spacial score (nSPS) is 16.0. The first-order chi connectivity index (χ1) is 17.8. The summed E-state index contributed by atoms with van der Waals surface area (Å²) in [5.74, 6) is -1.19. The molecule has 0 saturated carbocycles. The van der Waals surface area contributed by atoms with Gasteiger partial charge in [0.05, 0.1) is 5.69 Å². The van der Waals surface area contributed by atoms with Gasteiger partial charge < -0.3 is 15.1 Å². The average molecular weight is 515 g/mol. The first kappa shape index (κ1) is 24.6. The molecule has 3 amide bonds. The van der Waals surface area contributed by atoms with Crippen LogP contribution in [0.2, 0.25) is 0 Å². The third-order valence-electron chi connectivity index (χ3n) is 6.91. The van der Waals surface area contributed by atoms with Crippen LogP contribution in [-0.2, 0) is 9.59 Å². The molecule has 0 spiro atoms. The van der Waals surface area contributed by atoms with Crippen LogP contribution in [0.1, 0.15) is 21.5 Å². The smallest absolute Gasteiger partial charge is 0.283 e. The Morgan fingerprint density at radius 3 is 2.27 bits per heavy atom. The second-order valence-corrected chi connectivity index (χ2v) is 9.55. The number of amides is 3. The largest absolute Gasteiger partial charge is 0.368 e. The van der Waals surface area contributed by atoms with Gasteiger partial charge in [-0.1, -0.05) is 48.0 Å². The monoisotopic (exact) mass is 514 g/mol. The number of nitrogens with one attached hydrogen (secondary N) is 1. The Morgan fingerprint density at radius 2 is 1.54 bits per heavy atom. The highest BCUT2D eigenvalue weighted by Gasteiger charge is 2.39. The number of aryl methyl sites for hydroxylation is 1. The number of hydrogen-bond donors (Lipinski definition) is 1. The highest BCUT2D eigenvalue weighted by Crippen LogP contribution is 2.33. The Hall–Kier alpha value is -4.10. The van der Waals surface area contributed by atoms with Crippen molar-refractivity contribution in [1.82, 2.24) is 4.90 Å². The van der Waals surface area contributed by atoms with E-state index in [-0.39, 0.29) is 16.6 Å².